The van der Waals surface area contributed by atoms with Crippen molar-refractivity contribution >= 4 is 34.6 Å². The summed E-state index contributed by atoms with van der Waals surface area (Å²) in [4.78, 5) is 62.5. The van der Waals surface area contributed by atoms with Crippen LogP contribution in [0.15, 0.2) is 42.5 Å². The van der Waals surface area contributed by atoms with Crippen LogP contribution in [0.3, 0.4) is 0 Å². The maximum absolute atomic E-state index is 14.1. The van der Waals surface area contributed by atoms with Gasteiger partial charge in [-0.3, -0.25) is 14.4 Å². The lowest BCUT2D eigenvalue weighted by Gasteiger charge is -2.30. The predicted octanol–water partition coefficient (Wildman–Crippen LogP) is 3.49. The lowest BCUT2D eigenvalue weighted by Crippen LogP contribution is -2.55. The Kier molecular flexibility index (Phi) is 8.11. The Morgan fingerprint density at radius 3 is 2.72 bits per heavy atom. The third-order valence-corrected chi connectivity index (χ3v) is 9.54. The topological polar surface area (TPSA) is 118 Å². The molecule has 4 aliphatic rings. The van der Waals surface area contributed by atoms with Crippen molar-refractivity contribution in [1.82, 2.24) is 20.1 Å². The van der Waals surface area contributed by atoms with E-state index in [1.54, 1.807) is 29.9 Å². The molecule has 4 heterocycles. The third kappa shape index (κ3) is 5.47. The molecule has 1 aromatic heterocycles. The molecule has 228 valence electrons. The minimum Gasteiger partial charge on any atom is -0.496 e. The molecule has 3 aliphatic heterocycles. The van der Waals surface area contributed by atoms with Crippen molar-refractivity contribution in [3.05, 3.63) is 48.2 Å². The van der Waals surface area contributed by atoms with Crippen LogP contribution in [0.4, 0.5) is 0 Å². The first kappa shape index (κ1) is 29.1. The quantitative estimate of drug-likeness (QED) is 0.429. The zero-order valence-electron chi connectivity index (χ0n) is 24.9. The number of carbonyl (C=O) groups is 4. The van der Waals surface area contributed by atoms with Gasteiger partial charge in [0.15, 0.2) is 0 Å². The van der Waals surface area contributed by atoms with Crippen LogP contribution in [0.5, 0.6) is 5.75 Å². The fourth-order valence-electron chi connectivity index (χ4n) is 7.19. The molecule has 6 rings (SSSR count). The van der Waals surface area contributed by atoms with Gasteiger partial charge in [-0.05, 0) is 44.7 Å². The highest BCUT2D eigenvalue weighted by Crippen LogP contribution is 2.47. The summed E-state index contributed by atoms with van der Waals surface area (Å²) in [6.45, 7) is 3.11. The van der Waals surface area contributed by atoms with Gasteiger partial charge in [-0.15, -0.1) is 0 Å². The SMILES string of the molecule is CCOC(=O)C12CC1C=CCCCCCCC(=O)N1CC3CN(C(=O)c4cc(OC)c5ccccc5n4)CC3C1C(=O)N2. The first-order valence-electron chi connectivity index (χ1n) is 15.5. The highest BCUT2D eigenvalue weighted by Gasteiger charge is 2.63. The van der Waals surface area contributed by atoms with Crippen molar-refractivity contribution < 1.29 is 28.7 Å². The molecule has 0 spiro atoms. The number of rotatable bonds is 4. The Morgan fingerprint density at radius 2 is 1.91 bits per heavy atom. The van der Waals surface area contributed by atoms with Gasteiger partial charge >= 0.3 is 5.97 Å². The molecule has 5 atom stereocenters. The molecule has 2 saturated heterocycles. The molecule has 5 unspecified atom stereocenters. The summed E-state index contributed by atoms with van der Waals surface area (Å²) in [5, 5.41) is 3.87. The molecule has 10 heteroatoms. The van der Waals surface area contributed by atoms with E-state index >= 15 is 0 Å². The number of hydrogen-bond acceptors (Lipinski definition) is 7. The maximum atomic E-state index is 14.1. The van der Waals surface area contributed by atoms with E-state index in [1.165, 1.54) is 0 Å². The van der Waals surface area contributed by atoms with Crippen LogP contribution >= 0.6 is 0 Å². The molecule has 1 saturated carbocycles. The summed E-state index contributed by atoms with van der Waals surface area (Å²) >= 11 is 0. The zero-order chi connectivity index (χ0) is 30.1. The number of benzene rings is 1. The van der Waals surface area contributed by atoms with Gasteiger partial charge in [-0.2, -0.15) is 0 Å². The van der Waals surface area contributed by atoms with Crippen LogP contribution in [-0.2, 0) is 19.1 Å². The summed E-state index contributed by atoms with van der Waals surface area (Å²) < 4.78 is 10.9. The number of ether oxygens (including phenoxy) is 2. The van der Waals surface area contributed by atoms with Crippen LogP contribution in [0.2, 0.25) is 0 Å². The highest BCUT2D eigenvalue weighted by atomic mass is 16.5. The van der Waals surface area contributed by atoms with Gasteiger partial charge in [0.05, 0.1) is 19.2 Å². The van der Waals surface area contributed by atoms with E-state index in [-0.39, 0.29) is 47.8 Å². The molecular weight excluding hydrogens is 548 g/mol. The normalized spacial score (nSPS) is 29.2. The van der Waals surface area contributed by atoms with Crippen LogP contribution in [0.25, 0.3) is 10.9 Å². The molecule has 10 nitrogen and oxygen atoms in total. The smallest absolute Gasteiger partial charge is 0.332 e. The molecule has 0 bridgehead atoms. The summed E-state index contributed by atoms with van der Waals surface area (Å²) in [6, 6.07) is 8.40. The van der Waals surface area contributed by atoms with Crippen LogP contribution in [-0.4, -0.2) is 83.4 Å². The fraction of sp³-hybridized carbons (Fsp3) is 0.545. The number of esters is 1. The number of nitrogens with one attached hydrogen (secondary N) is 1. The van der Waals surface area contributed by atoms with Gasteiger partial charge in [0.25, 0.3) is 5.91 Å². The Bertz CT molecular complexity index is 1460. The van der Waals surface area contributed by atoms with Crippen molar-refractivity contribution in [2.24, 2.45) is 17.8 Å². The second kappa shape index (κ2) is 12.0. The van der Waals surface area contributed by atoms with E-state index in [9.17, 15) is 19.2 Å². The first-order valence-corrected chi connectivity index (χ1v) is 15.5. The molecule has 43 heavy (non-hydrogen) atoms. The fourth-order valence-corrected chi connectivity index (χ4v) is 7.19. The number of nitrogens with zero attached hydrogens (tertiary/aromatic N) is 3. The number of allylic oxidation sites excluding steroid dienone is 1. The Balaban J connectivity index is 1.26. The minimum absolute atomic E-state index is 0.0427. The van der Waals surface area contributed by atoms with Crippen molar-refractivity contribution in [3.8, 4) is 5.75 Å². The Hall–Kier alpha value is -3.95. The first-order chi connectivity index (χ1) is 20.9. The van der Waals surface area contributed by atoms with E-state index in [1.807, 2.05) is 30.3 Å². The summed E-state index contributed by atoms with van der Waals surface area (Å²) in [5.74, 6) is -0.936. The second-order valence-electron chi connectivity index (χ2n) is 12.2. The average Bonchev–Trinajstić information content (AvgIpc) is 3.35. The zero-order valence-corrected chi connectivity index (χ0v) is 24.9. The van der Waals surface area contributed by atoms with Gasteiger partial charge in [-0.1, -0.05) is 37.1 Å². The summed E-state index contributed by atoms with van der Waals surface area (Å²) in [5.41, 5.74) is -0.167. The lowest BCUT2D eigenvalue weighted by molar-refractivity contribution is -0.150. The van der Waals surface area contributed by atoms with Crippen molar-refractivity contribution in [1.29, 1.82) is 0 Å². The molecular formula is C33H40N4O6. The van der Waals surface area contributed by atoms with Crippen LogP contribution < -0.4 is 10.1 Å². The molecule has 0 radical (unpaired) electrons. The molecule has 2 aromatic rings. The van der Waals surface area contributed by atoms with Gasteiger partial charge in [0, 0.05) is 55.3 Å². The van der Waals surface area contributed by atoms with Crippen LogP contribution in [0.1, 0.15) is 62.4 Å². The van der Waals surface area contributed by atoms with Crippen molar-refractivity contribution in [3.63, 3.8) is 0 Å². The Labute approximate surface area is 251 Å². The van der Waals surface area contributed by atoms with E-state index in [0.717, 1.165) is 37.5 Å². The van der Waals surface area contributed by atoms with E-state index < -0.39 is 17.6 Å². The summed E-state index contributed by atoms with van der Waals surface area (Å²) in [7, 11) is 1.57. The number of fused-ring (bicyclic) bond motifs is 5. The largest absolute Gasteiger partial charge is 0.496 e. The van der Waals surface area contributed by atoms with Crippen LogP contribution in [0, 0.1) is 17.8 Å². The molecule has 1 aliphatic carbocycles. The predicted molar refractivity (Wildman–Crippen MR) is 159 cm³/mol. The molecule has 3 amide bonds. The Morgan fingerprint density at radius 1 is 1.09 bits per heavy atom. The maximum Gasteiger partial charge on any atom is 0.332 e. The number of methoxy groups -OCH3 is 1. The van der Waals surface area contributed by atoms with Gasteiger partial charge in [0.2, 0.25) is 11.8 Å². The number of amides is 3. The van der Waals surface area contributed by atoms with Crippen molar-refractivity contribution in [2.45, 2.75) is 63.5 Å². The lowest BCUT2D eigenvalue weighted by atomic mass is 9.93. The number of likely N-dealkylation sites (tertiary alicyclic amines) is 1. The monoisotopic (exact) mass is 588 g/mol. The van der Waals surface area contributed by atoms with Gasteiger partial charge in [0.1, 0.15) is 23.0 Å². The molecule has 1 aromatic carbocycles. The van der Waals surface area contributed by atoms with E-state index in [0.29, 0.717) is 43.7 Å². The third-order valence-electron chi connectivity index (χ3n) is 9.54. The average molecular weight is 589 g/mol. The van der Waals surface area contributed by atoms with Gasteiger partial charge in [-0.25, -0.2) is 9.78 Å². The highest BCUT2D eigenvalue weighted by molar-refractivity contribution is 5.98. The van der Waals surface area contributed by atoms with Gasteiger partial charge < -0.3 is 24.6 Å². The minimum atomic E-state index is -1.11. The number of para-hydroxylation sites is 1. The number of pyridine rings is 1. The number of aromatic nitrogens is 1. The molecule has 3 fully saturated rings. The number of hydrogen-bond donors (Lipinski definition) is 1. The van der Waals surface area contributed by atoms with Crippen molar-refractivity contribution in [2.75, 3.05) is 33.4 Å². The van der Waals surface area contributed by atoms with E-state index in [2.05, 4.69) is 16.4 Å². The number of carbonyl (C=O) groups excluding carboxylic acids is 4. The second-order valence-corrected chi connectivity index (χ2v) is 12.2. The molecule has 1 N–H and O–H groups in total. The van der Waals surface area contributed by atoms with E-state index in [4.69, 9.17) is 9.47 Å². The summed E-state index contributed by atoms with van der Waals surface area (Å²) in [6.07, 6.45) is 9.66. The standard InChI is InChI=1S/C33H40N4O6/c1-3-43-32(41)33-17-22(33)12-8-6-4-5-7-9-15-28(38)37-19-21-18-36(20-24(21)29(37)30(39)35-33)31(40)26-16-27(42-2)23-13-10-11-14-25(23)34-26/h8,10-14,16,21-22,24,29H,3-7,9,15,17-20H2,1-2H3,(H,35,39).